The van der Waals surface area contributed by atoms with Gasteiger partial charge in [0.15, 0.2) is 11.4 Å². The third-order valence-corrected chi connectivity index (χ3v) is 4.90. The normalized spacial score (nSPS) is 13.0. The molecule has 1 aliphatic rings. The van der Waals surface area contributed by atoms with E-state index in [1.54, 1.807) is 20.0 Å². The second-order valence-corrected chi connectivity index (χ2v) is 6.86. The molecule has 1 aromatic rings. The smallest absolute Gasteiger partial charge is 0.158 e. The largest absolute Gasteiger partial charge is 0.363 e. The Bertz CT molecular complexity index is 1420. The minimum atomic E-state index is -0.179. The molecule has 0 saturated heterocycles. The van der Waals surface area contributed by atoms with E-state index in [-0.39, 0.29) is 33.9 Å². The van der Waals surface area contributed by atoms with E-state index >= 15 is 0 Å². The summed E-state index contributed by atoms with van der Waals surface area (Å²) in [5.74, 6) is 0. The molecule has 0 aliphatic carbocycles. The molecule has 8 nitrogen and oxygen atoms in total. The number of nitrogens with zero attached hydrogens (tertiary/aromatic N) is 7. The molecule has 156 valence electrons. The van der Waals surface area contributed by atoms with Gasteiger partial charge in [0.1, 0.15) is 24.3 Å². The Morgan fingerprint density at radius 3 is 1.84 bits per heavy atom. The Balaban J connectivity index is 3.14. The van der Waals surface area contributed by atoms with Crippen LogP contribution >= 0.6 is 0 Å². The summed E-state index contributed by atoms with van der Waals surface area (Å²) in [7, 11) is 0. The van der Waals surface area contributed by atoms with Gasteiger partial charge in [-0.1, -0.05) is 20.1 Å². The maximum Gasteiger partial charge on any atom is 0.158 e. The Kier molecular flexibility index (Phi) is 7.20. The summed E-state index contributed by atoms with van der Waals surface area (Å²) >= 11 is 0. The van der Waals surface area contributed by atoms with Crippen molar-refractivity contribution >= 4 is 29.0 Å². The molecular formula is C24H20N8. The van der Waals surface area contributed by atoms with Crippen molar-refractivity contribution in [2.75, 3.05) is 0 Å². The van der Waals surface area contributed by atoms with Crippen LogP contribution in [0.25, 0.3) is 6.20 Å². The van der Waals surface area contributed by atoms with Crippen molar-refractivity contribution in [1.82, 2.24) is 5.32 Å². The van der Waals surface area contributed by atoms with Crippen LogP contribution in [-0.2, 0) is 0 Å². The summed E-state index contributed by atoms with van der Waals surface area (Å²) in [6.07, 6.45) is 2.49. The van der Waals surface area contributed by atoms with E-state index in [0.29, 0.717) is 22.9 Å². The molecule has 1 heterocycles. The third kappa shape index (κ3) is 4.36. The number of benzene rings is 1. The summed E-state index contributed by atoms with van der Waals surface area (Å²) in [6, 6.07) is 7.40. The first kappa shape index (κ1) is 23.5. The van der Waals surface area contributed by atoms with Crippen molar-refractivity contribution in [3.63, 3.8) is 0 Å². The van der Waals surface area contributed by atoms with E-state index in [9.17, 15) is 21.0 Å². The van der Waals surface area contributed by atoms with Gasteiger partial charge in [-0.25, -0.2) is 9.98 Å². The fraction of sp³-hybridized carbons (Fsp3) is 0.208. The van der Waals surface area contributed by atoms with Crippen LogP contribution in [0.2, 0.25) is 0 Å². The third-order valence-electron chi connectivity index (χ3n) is 4.90. The quantitative estimate of drug-likeness (QED) is 0.574. The van der Waals surface area contributed by atoms with Crippen LogP contribution < -0.4 is 15.9 Å². The number of rotatable bonds is 5. The summed E-state index contributed by atoms with van der Waals surface area (Å²) < 4.78 is 0. The second kappa shape index (κ2) is 9.81. The van der Waals surface area contributed by atoms with Gasteiger partial charge in [-0.05, 0) is 32.8 Å². The molecule has 0 bridgehead atoms. The molecule has 2 rings (SSSR count). The highest BCUT2D eigenvalue weighted by molar-refractivity contribution is 6.16. The van der Waals surface area contributed by atoms with Gasteiger partial charge in [0.05, 0.1) is 33.6 Å². The van der Waals surface area contributed by atoms with Crippen LogP contribution in [0.5, 0.6) is 0 Å². The standard InChI is InChI=1S/C24H20N8/c1-7-19-17(6)29-12-18-15(4)23(31-20(10-27)13(2)8-25)24(16(5)22(18)30-19)32-21(11-28)14(3)9-26/h12,29H,2-3,7H2,1,4-6H3/b31-20-,32-21-. The van der Waals surface area contributed by atoms with Crippen LogP contribution in [0.4, 0.5) is 11.4 Å². The number of hydrogen-bond donors (Lipinski definition) is 1. The first-order chi connectivity index (χ1) is 15.2. The molecule has 1 aromatic carbocycles. The van der Waals surface area contributed by atoms with Crippen molar-refractivity contribution in [1.29, 1.82) is 21.0 Å². The highest BCUT2D eigenvalue weighted by Gasteiger charge is 2.18. The molecule has 0 fully saturated rings. The Hall–Kier alpha value is -4.79. The van der Waals surface area contributed by atoms with Gasteiger partial charge in [-0.15, -0.1) is 0 Å². The van der Waals surface area contributed by atoms with Crippen LogP contribution in [0, 0.1) is 59.2 Å². The number of hydrogen-bond acceptors (Lipinski definition) is 8. The number of allylic oxidation sites excluding steroid dienone is 4. The van der Waals surface area contributed by atoms with E-state index in [0.717, 1.165) is 16.6 Å². The zero-order valence-corrected chi connectivity index (χ0v) is 18.3. The summed E-state index contributed by atoms with van der Waals surface area (Å²) in [5.41, 5.74) is 2.95. The molecule has 0 unspecified atom stereocenters. The number of fused-ring (bicyclic) bond motifs is 1. The summed E-state index contributed by atoms with van der Waals surface area (Å²) in [4.78, 5) is 13.6. The molecule has 0 radical (unpaired) electrons. The first-order valence-electron chi connectivity index (χ1n) is 9.58. The Morgan fingerprint density at radius 1 is 0.906 bits per heavy atom. The van der Waals surface area contributed by atoms with Gasteiger partial charge in [0, 0.05) is 22.7 Å². The average Bonchev–Trinajstić information content (AvgIpc) is 2.97. The fourth-order valence-corrected chi connectivity index (χ4v) is 3.05. The predicted octanol–water partition coefficient (Wildman–Crippen LogP) is 3.26. The lowest BCUT2D eigenvalue weighted by atomic mass is 10.0. The van der Waals surface area contributed by atoms with Crippen molar-refractivity contribution in [2.45, 2.75) is 34.1 Å². The summed E-state index contributed by atoms with van der Waals surface area (Å²) in [6.45, 7) is 14.6. The first-order valence-corrected chi connectivity index (χ1v) is 9.58. The topological polar surface area (TPSA) is 144 Å². The van der Waals surface area contributed by atoms with Crippen molar-refractivity contribution in [2.24, 2.45) is 15.0 Å². The van der Waals surface area contributed by atoms with E-state index in [1.165, 1.54) is 0 Å². The Morgan fingerprint density at radius 2 is 1.41 bits per heavy atom. The van der Waals surface area contributed by atoms with Crippen LogP contribution in [-0.4, -0.2) is 11.4 Å². The molecular weight excluding hydrogens is 400 g/mol. The summed E-state index contributed by atoms with van der Waals surface area (Å²) in [5, 5.41) is 42.0. The lowest BCUT2D eigenvalue weighted by molar-refractivity contribution is 0.955. The molecule has 0 aromatic heterocycles. The molecule has 0 atom stereocenters. The fourth-order valence-electron chi connectivity index (χ4n) is 3.05. The zero-order chi connectivity index (χ0) is 24.0. The lowest BCUT2D eigenvalue weighted by Crippen LogP contribution is -2.31. The van der Waals surface area contributed by atoms with Crippen molar-refractivity contribution in [3.8, 4) is 24.3 Å². The van der Waals surface area contributed by atoms with E-state index in [2.05, 4.69) is 28.5 Å². The molecule has 0 spiro atoms. The van der Waals surface area contributed by atoms with Gasteiger partial charge in [0.25, 0.3) is 0 Å². The molecule has 1 N–H and O–H groups in total. The maximum absolute atomic E-state index is 9.51. The zero-order valence-electron chi connectivity index (χ0n) is 18.3. The number of aliphatic imine (C=N–C) groups is 2. The van der Waals surface area contributed by atoms with Gasteiger partial charge in [-0.2, -0.15) is 21.0 Å². The monoisotopic (exact) mass is 420 g/mol. The highest BCUT2D eigenvalue weighted by atomic mass is 14.9. The van der Waals surface area contributed by atoms with E-state index in [1.807, 2.05) is 38.1 Å². The number of nitrogens with one attached hydrogen (secondary N) is 1. The van der Waals surface area contributed by atoms with Crippen LogP contribution in [0.15, 0.2) is 50.7 Å². The molecule has 1 aliphatic heterocycles. The minimum Gasteiger partial charge on any atom is -0.363 e. The molecule has 8 heteroatoms. The van der Waals surface area contributed by atoms with Crippen LogP contribution in [0.1, 0.15) is 31.4 Å². The van der Waals surface area contributed by atoms with Gasteiger partial charge < -0.3 is 5.32 Å². The average molecular weight is 420 g/mol. The van der Waals surface area contributed by atoms with Gasteiger partial charge in [-0.3, -0.25) is 4.99 Å². The SMILES string of the molecule is C=C(C#N)/C(C#N)=N\c1c(/N=C(/C#N)C(=C)C#N)c(C)c2c(c1C)=CNC(C)=C(CC)N=2. The second-order valence-electron chi connectivity index (χ2n) is 6.86. The van der Waals surface area contributed by atoms with Gasteiger partial charge >= 0.3 is 0 Å². The van der Waals surface area contributed by atoms with Crippen molar-refractivity contribution in [3.05, 3.63) is 57.4 Å². The maximum atomic E-state index is 9.51. The predicted molar refractivity (Wildman–Crippen MR) is 122 cm³/mol. The lowest BCUT2D eigenvalue weighted by Gasteiger charge is -2.12. The molecule has 0 saturated carbocycles. The van der Waals surface area contributed by atoms with Gasteiger partial charge in [0.2, 0.25) is 0 Å². The molecule has 32 heavy (non-hydrogen) atoms. The minimum absolute atomic E-state index is 0.103. The van der Waals surface area contributed by atoms with E-state index < -0.39 is 0 Å². The molecule has 0 amide bonds. The highest BCUT2D eigenvalue weighted by Crippen LogP contribution is 2.33. The van der Waals surface area contributed by atoms with Crippen molar-refractivity contribution < 1.29 is 0 Å². The Labute approximate surface area is 186 Å². The number of nitriles is 4. The van der Waals surface area contributed by atoms with Crippen LogP contribution in [0.3, 0.4) is 0 Å². The van der Waals surface area contributed by atoms with E-state index in [4.69, 9.17) is 4.99 Å².